The highest BCUT2D eigenvalue weighted by atomic mass is 16.5. The summed E-state index contributed by atoms with van der Waals surface area (Å²) in [6, 6.07) is 19.8. The number of carbonyl (C=O) groups is 2. The number of aryl methyl sites for hydroxylation is 2. The van der Waals surface area contributed by atoms with Crippen LogP contribution in [0.3, 0.4) is 0 Å². The van der Waals surface area contributed by atoms with Crippen molar-refractivity contribution >= 4 is 23.2 Å². The van der Waals surface area contributed by atoms with Gasteiger partial charge in [-0.1, -0.05) is 24.3 Å². The van der Waals surface area contributed by atoms with Crippen molar-refractivity contribution in [1.29, 1.82) is 0 Å². The van der Waals surface area contributed by atoms with Crippen LogP contribution in [0.5, 0.6) is 5.75 Å². The van der Waals surface area contributed by atoms with E-state index in [2.05, 4.69) is 10.6 Å². The highest BCUT2D eigenvalue weighted by Crippen LogP contribution is 2.23. The molecule has 0 fully saturated rings. The molecule has 0 saturated carbocycles. The van der Waals surface area contributed by atoms with E-state index in [0.29, 0.717) is 28.3 Å². The van der Waals surface area contributed by atoms with E-state index in [1.807, 2.05) is 62.4 Å². The number of benzene rings is 3. The monoisotopic (exact) mass is 374 g/mol. The summed E-state index contributed by atoms with van der Waals surface area (Å²) in [5, 5.41) is 5.69. The van der Waals surface area contributed by atoms with E-state index in [1.54, 1.807) is 12.1 Å². The summed E-state index contributed by atoms with van der Waals surface area (Å²) in [6.07, 6.45) is 0. The van der Waals surface area contributed by atoms with Crippen LogP contribution in [0.1, 0.15) is 31.8 Å². The Labute approximate surface area is 164 Å². The second-order valence-electron chi connectivity index (χ2n) is 6.56. The van der Waals surface area contributed by atoms with Gasteiger partial charge in [0.05, 0.1) is 12.7 Å². The number of anilines is 2. The molecule has 0 atom stereocenters. The number of hydrogen-bond donors (Lipinski definition) is 2. The Kier molecular flexibility index (Phi) is 5.75. The van der Waals surface area contributed by atoms with E-state index >= 15 is 0 Å². The molecule has 142 valence electrons. The van der Waals surface area contributed by atoms with Crippen LogP contribution in [0, 0.1) is 13.8 Å². The summed E-state index contributed by atoms with van der Waals surface area (Å²) in [4.78, 5) is 25.4. The molecule has 0 aliphatic carbocycles. The van der Waals surface area contributed by atoms with Gasteiger partial charge in [-0.3, -0.25) is 9.59 Å². The number of hydrogen-bond acceptors (Lipinski definition) is 3. The molecule has 3 rings (SSSR count). The van der Waals surface area contributed by atoms with Gasteiger partial charge in [0.15, 0.2) is 0 Å². The molecule has 2 N–H and O–H groups in total. The lowest BCUT2D eigenvalue weighted by Gasteiger charge is -2.12. The molecule has 0 heterocycles. The Bertz CT molecular complexity index is 1030. The van der Waals surface area contributed by atoms with Crippen LogP contribution in [0.15, 0.2) is 66.7 Å². The third-order valence-corrected chi connectivity index (χ3v) is 4.26. The normalized spacial score (nSPS) is 10.2. The van der Waals surface area contributed by atoms with Gasteiger partial charge in [-0.15, -0.1) is 0 Å². The van der Waals surface area contributed by atoms with Crippen molar-refractivity contribution in [2.24, 2.45) is 0 Å². The SMILES string of the molecule is COc1ccc(C(=O)Nc2cccc(C)c2)cc1C(=O)Nc1cccc(C)c1. The number of methoxy groups -OCH3 is 1. The van der Waals surface area contributed by atoms with Gasteiger partial charge in [-0.2, -0.15) is 0 Å². The van der Waals surface area contributed by atoms with E-state index in [0.717, 1.165) is 11.1 Å². The Hall–Kier alpha value is -3.60. The van der Waals surface area contributed by atoms with Crippen LogP contribution in [-0.4, -0.2) is 18.9 Å². The Morgan fingerprint density at radius 2 is 1.32 bits per heavy atom. The second kappa shape index (κ2) is 8.39. The molecule has 2 amide bonds. The van der Waals surface area contributed by atoms with Gasteiger partial charge >= 0.3 is 0 Å². The molecule has 0 aromatic heterocycles. The predicted octanol–water partition coefficient (Wildman–Crippen LogP) is 4.82. The highest BCUT2D eigenvalue weighted by Gasteiger charge is 2.16. The number of amides is 2. The molecular weight excluding hydrogens is 352 g/mol. The molecule has 0 saturated heterocycles. The van der Waals surface area contributed by atoms with Gasteiger partial charge in [0.2, 0.25) is 0 Å². The van der Waals surface area contributed by atoms with Gasteiger partial charge in [-0.05, 0) is 67.4 Å². The maximum Gasteiger partial charge on any atom is 0.259 e. The van der Waals surface area contributed by atoms with Gasteiger partial charge in [0.25, 0.3) is 11.8 Å². The smallest absolute Gasteiger partial charge is 0.259 e. The number of carbonyl (C=O) groups excluding carboxylic acids is 2. The zero-order chi connectivity index (χ0) is 20.1. The Balaban J connectivity index is 1.84. The fraction of sp³-hybridized carbons (Fsp3) is 0.130. The van der Waals surface area contributed by atoms with E-state index in [9.17, 15) is 9.59 Å². The first-order valence-electron chi connectivity index (χ1n) is 8.90. The van der Waals surface area contributed by atoms with E-state index in [-0.39, 0.29) is 11.8 Å². The van der Waals surface area contributed by atoms with Crippen LogP contribution in [-0.2, 0) is 0 Å². The van der Waals surface area contributed by atoms with Crippen molar-refractivity contribution in [3.63, 3.8) is 0 Å². The molecule has 0 aliphatic rings. The summed E-state index contributed by atoms with van der Waals surface area (Å²) in [6.45, 7) is 3.91. The van der Waals surface area contributed by atoms with Gasteiger partial charge < -0.3 is 15.4 Å². The summed E-state index contributed by atoms with van der Waals surface area (Å²) in [5.74, 6) is -0.234. The summed E-state index contributed by atoms with van der Waals surface area (Å²) >= 11 is 0. The van der Waals surface area contributed by atoms with Crippen LogP contribution in [0.4, 0.5) is 11.4 Å². The van der Waals surface area contributed by atoms with Crippen molar-refractivity contribution in [2.75, 3.05) is 17.7 Å². The second-order valence-corrected chi connectivity index (χ2v) is 6.56. The Morgan fingerprint density at radius 1 is 0.750 bits per heavy atom. The van der Waals surface area contributed by atoms with E-state index < -0.39 is 0 Å². The van der Waals surface area contributed by atoms with Crippen molar-refractivity contribution in [3.05, 3.63) is 89.0 Å². The first-order valence-corrected chi connectivity index (χ1v) is 8.90. The molecule has 5 heteroatoms. The number of rotatable bonds is 5. The first kappa shape index (κ1) is 19.2. The predicted molar refractivity (Wildman–Crippen MR) is 111 cm³/mol. The lowest BCUT2D eigenvalue weighted by molar-refractivity contribution is 0.102. The molecule has 0 spiro atoms. The van der Waals surface area contributed by atoms with Crippen molar-refractivity contribution in [3.8, 4) is 5.75 Å². The average Bonchev–Trinajstić information content (AvgIpc) is 2.67. The van der Waals surface area contributed by atoms with Crippen LogP contribution in [0.2, 0.25) is 0 Å². The van der Waals surface area contributed by atoms with E-state index in [1.165, 1.54) is 13.2 Å². The van der Waals surface area contributed by atoms with Crippen LogP contribution < -0.4 is 15.4 Å². The average molecular weight is 374 g/mol. The molecule has 0 aliphatic heterocycles. The van der Waals surface area contributed by atoms with E-state index in [4.69, 9.17) is 4.74 Å². The molecule has 5 nitrogen and oxygen atoms in total. The maximum absolute atomic E-state index is 12.8. The molecule has 0 radical (unpaired) electrons. The molecule has 28 heavy (non-hydrogen) atoms. The zero-order valence-electron chi connectivity index (χ0n) is 16.1. The third-order valence-electron chi connectivity index (χ3n) is 4.26. The van der Waals surface area contributed by atoms with Crippen LogP contribution >= 0.6 is 0 Å². The highest BCUT2D eigenvalue weighted by molar-refractivity contribution is 6.10. The molecule has 3 aromatic rings. The molecule has 0 bridgehead atoms. The fourth-order valence-corrected chi connectivity index (χ4v) is 2.87. The quantitative estimate of drug-likeness (QED) is 0.673. The van der Waals surface area contributed by atoms with Gasteiger partial charge in [0, 0.05) is 16.9 Å². The number of ether oxygens (including phenoxy) is 1. The molecule has 3 aromatic carbocycles. The number of nitrogens with one attached hydrogen (secondary N) is 2. The summed E-state index contributed by atoms with van der Waals surface area (Å²) in [5.41, 5.74) is 4.13. The van der Waals surface area contributed by atoms with Crippen LogP contribution in [0.25, 0.3) is 0 Å². The first-order chi connectivity index (χ1) is 13.5. The lowest BCUT2D eigenvalue weighted by atomic mass is 10.1. The van der Waals surface area contributed by atoms with Gasteiger partial charge in [0.1, 0.15) is 5.75 Å². The van der Waals surface area contributed by atoms with Gasteiger partial charge in [-0.25, -0.2) is 0 Å². The minimum absolute atomic E-state index is 0.292. The topological polar surface area (TPSA) is 67.4 Å². The Morgan fingerprint density at radius 3 is 1.86 bits per heavy atom. The third kappa shape index (κ3) is 4.57. The van der Waals surface area contributed by atoms with Crippen molar-refractivity contribution < 1.29 is 14.3 Å². The summed E-state index contributed by atoms with van der Waals surface area (Å²) < 4.78 is 5.30. The summed E-state index contributed by atoms with van der Waals surface area (Å²) in [7, 11) is 1.49. The largest absolute Gasteiger partial charge is 0.496 e. The minimum Gasteiger partial charge on any atom is -0.496 e. The minimum atomic E-state index is -0.340. The van der Waals surface area contributed by atoms with Crippen molar-refractivity contribution in [1.82, 2.24) is 0 Å². The fourth-order valence-electron chi connectivity index (χ4n) is 2.87. The maximum atomic E-state index is 12.8. The molecular formula is C23H22N2O3. The van der Waals surface area contributed by atoms with Crippen molar-refractivity contribution in [2.45, 2.75) is 13.8 Å². The lowest BCUT2D eigenvalue weighted by Crippen LogP contribution is -2.16. The molecule has 0 unspecified atom stereocenters. The standard InChI is InChI=1S/C23H22N2O3/c1-15-6-4-8-18(12-15)24-22(26)17-10-11-21(28-3)20(14-17)23(27)25-19-9-5-7-16(2)13-19/h4-14H,1-3H3,(H,24,26)(H,25,27). The zero-order valence-corrected chi connectivity index (χ0v) is 16.1.